The molecular formula is C11H14N4OS. The zero-order chi connectivity index (χ0) is 12.4. The second kappa shape index (κ2) is 4.67. The summed E-state index contributed by atoms with van der Waals surface area (Å²) in [6.07, 6.45) is 2.10. The van der Waals surface area contributed by atoms with E-state index in [1.54, 1.807) is 6.26 Å². The van der Waals surface area contributed by atoms with Crippen molar-refractivity contribution in [2.24, 2.45) is 0 Å². The third kappa shape index (κ3) is 2.52. The summed E-state index contributed by atoms with van der Waals surface area (Å²) in [5.41, 5.74) is 12.4. The van der Waals surface area contributed by atoms with Gasteiger partial charge in [-0.05, 0) is 19.1 Å². The van der Waals surface area contributed by atoms with Crippen molar-refractivity contribution >= 4 is 24.3 Å². The van der Waals surface area contributed by atoms with E-state index >= 15 is 0 Å². The van der Waals surface area contributed by atoms with Gasteiger partial charge in [-0.15, -0.1) is 0 Å². The lowest BCUT2D eigenvalue weighted by Gasteiger charge is -2.10. The van der Waals surface area contributed by atoms with Crippen LogP contribution in [0.5, 0.6) is 0 Å². The number of aromatic nitrogens is 2. The van der Waals surface area contributed by atoms with Crippen molar-refractivity contribution in [2.75, 3.05) is 11.5 Å². The van der Waals surface area contributed by atoms with Crippen molar-refractivity contribution in [1.29, 1.82) is 0 Å². The van der Waals surface area contributed by atoms with Crippen LogP contribution in [0.15, 0.2) is 22.8 Å². The Morgan fingerprint density at radius 2 is 2.00 bits per heavy atom. The van der Waals surface area contributed by atoms with Crippen LogP contribution in [0.3, 0.4) is 0 Å². The Balaban J connectivity index is 2.35. The molecule has 2 heterocycles. The first-order chi connectivity index (χ1) is 8.08. The molecule has 0 saturated heterocycles. The zero-order valence-electron chi connectivity index (χ0n) is 9.42. The number of hydrogen-bond acceptors (Lipinski definition) is 6. The molecule has 0 aliphatic carbocycles. The molecule has 0 saturated carbocycles. The van der Waals surface area contributed by atoms with Crippen molar-refractivity contribution in [3.8, 4) is 0 Å². The summed E-state index contributed by atoms with van der Waals surface area (Å²) < 4.78 is 5.24. The summed E-state index contributed by atoms with van der Waals surface area (Å²) in [5, 5.41) is -0.0998. The molecule has 0 aliphatic rings. The molecule has 0 amide bonds. The number of nitrogens with zero attached hydrogens (tertiary/aromatic N) is 2. The largest absolute Gasteiger partial charge is 0.469 e. The monoisotopic (exact) mass is 250 g/mol. The first-order valence-electron chi connectivity index (χ1n) is 5.20. The standard InChI is InChI=1S/C11H14N4OS/c1-6(17)11-14-9(12)8(10(13)15-11)5-7-3-2-4-16-7/h2-4,6,17H,5H2,1H3,(H4,12,13,14,15). The van der Waals surface area contributed by atoms with Gasteiger partial charge in [-0.3, -0.25) is 0 Å². The maximum atomic E-state index is 5.87. The maximum absolute atomic E-state index is 5.87. The minimum Gasteiger partial charge on any atom is -0.469 e. The van der Waals surface area contributed by atoms with Crippen LogP contribution in [-0.2, 0) is 6.42 Å². The lowest BCUT2D eigenvalue weighted by atomic mass is 10.1. The van der Waals surface area contributed by atoms with Gasteiger partial charge in [0.1, 0.15) is 23.2 Å². The smallest absolute Gasteiger partial charge is 0.145 e. The van der Waals surface area contributed by atoms with Crippen LogP contribution < -0.4 is 11.5 Å². The van der Waals surface area contributed by atoms with Crippen molar-refractivity contribution in [1.82, 2.24) is 9.97 Å². The van der Waals surface area contributed by atoms with E-state index in [0.29, 0.717) is 29.4 Å². The van der Waals surface area contributed by atoms with Crippen LogP contribution >= 0.6 is 12.6 Å². The van der Waals surface area contributed by atoms with Crippen molar-refractivity contribution in [2.45, 2.75) is 18.6 Å². The Hall–Kier alpha value is -1.69. The number of furan rings is 1. The molecule has 2 aromatic heterocycles. The summed E-state index contributed by atoms with van der Waals surface area (Å²) >= 11 is 4.25. The minimum atomic E-state index is -0.0998. The highest BCUT2D eigenvalue weighted by Crippen LogP contribution is 2.24. The zero-order valence-corrected chi connectivity index (χ0v) is 10.3. The summed E-state index contributed by atoms with van der Waals surface area (Å²) in [6, 6.07) is 3.67. The van der Waals surface area contributed by atoms with Crippen LogP contribution in [0.2, 0.25) is 0 Å². The molecule has 2 aromatic rings. The second-order valence-electron chi connectivity index (χ2n) is 3.76. The summed E-state index contributed by atoms with van der Waals surface area (Å²) in [6.45, 7) is 1.86. The molecule has 1 atom stereocenters. The quantitative estimate of drug-likeness (QED) is 0.723. The fourth-order valence-electron chi connectivity index (χ4n) is 1.49. The fourth-order valence-corrected chi connectivity index (χ4v) is 1.61. The van der Waals surface area contributed by atoms with E-state index in [1.165, 1.54) is 0 Å². The van der Waals surface area contributed by atoms with Crippen molar-refractivity contribution in [3.63, 3.8) is 0 Å². The molecule has 0 bridgehead atoms. The summed E-state index contributed by atoms with van der Waals surface area (Å²) in [7, 11) is 0. The predicted octanol–water partition coefficient (Wildman–Crippen LogP) is 1.82. The first kappa shape index (κ1) is 11.8. The van der Waals surface area contributed by atoms with Gasteiger partial charge in [0.05, 0.1) is 11.5 Å². The topological polar surface area (TPSA) is 91.0 Å². The van der Waals surface area contributed by atoms with Crippen LogP contribution in [0, 0.1) is 0 Å². The van der Waals surface area contributed by atoms with Crippen LogP contribution in [0.4, 0.5) is 11.6 Å². The van der Waals surface area contributed by atoms with Gasteiger partial charge < -0.3 is 15.9 Å². The Kier molecular flexibility index (Phi) is 3.23. The fraction of sp³-hybridized carbons (Fsp3) is 0.273. The number of thiol groups is 1. The van der Waals surface area contributed by atoms with E-state index in [4.69, 9.17) is 15.9 Å². The Bertz CT molecular complexity index is 487. The number of rotatable bonds is 3. The lowest BCUT2D eigenvalue weighted by Crippen LogP contribution is -2.09. The SMILES string of the molecule is CC(S)c1nc(N)c(Cc2ccco2)c(N)n1. The van der Waals surface area contributed by atoms with Gasteiger partial charge >= 0.3 is 0 Å². The normalized spacial score (nSPS) is 12.6. The van der Waals surface area contributed by atoms with Gasteiger partial charge in [0.15, 0.2) is 0 Å². The van der Waals surface area contributed by atoms with Gasteiger partial charge in [-0.2, -0.15) is 12.6 Å². The molecule has 17 heavy (non-hydrogen) atoms. The van der Waals surface area contributed by atoms with E-state index in [9.17, 15) is 0 Å². The van der Waals surface area contributed by atoms with Crippen LogP contribution in [0.1, 0.15) is 29.3 Å². The van der Waals surface area contributed by atoms with E-state index in [0.717, 1.165) is 5.76 Å². The van der Waals surface area contributed by atoms with E-state index in [-0.39, 0.29) is 5.25 Å². The molecule has 1 unspecified atom stereocenters. The summed E-state index contributed by atoms with van der Waals surface area (Å²) in [5.74, 6) is 2.07. The number of anilines is 2. The molecule has 0 aliphatic heterocycles. The predicted molar refractivity (Wildman–Crippen MR) is 69.8 cm³/mol. The molecule has 0 spiro atoms. The number of nitrogen functional groups attached to an aromatic ring is 2. The highest BCUT2D eigenvalue weighted by molar-refractivity contribution is 7.80. The van der Waals surface area contributed by atoms with Gasteiger partial charge in [-0.25, -0.2) is 9.97 Å². The van der Waals surface area contributed by atoms with Gasteiger partial charge in [0.25, 0.3) is 0 Å². The molecule has 4 N–H and O–H groups in total. The molecule has 0 aromatic carbocycles. The molecule has 5 nitrogen and oxygen atoms in total. The number of nitrogens with two attached hydrogens (primary N) is 2. The average molecular weight is 250 g/mol. The molecular weight excluding hydrogens is 236 g/mol. The highest BCUT2D eigenvalue weighted by atomic mass is 32.1. The molecule has 2 rings (SSSR count). The van der Waals surface area contributed by atoms with E-state index < -0.39 is 0 Å². The second-order valence-corrected chi connectivity index (χ2v) is 4.54. The maximum Gasteiger partial charge on any atom is 0.145 e. The van der Waals surface area contributed by atoms with E-state index in [1.807, 2.05) is 19.1 Å². The van der Waals surface area contributed by atoms with Gasteiger partial charge in [0.2, 0.25) is 0 Å². The minimum absolute atomic E-state index is 0.0998. The molecule has 90 valence electrons. The third-order valence-electron chi connectivity index (χ3n) is 2.39. The Labute approximate surface area is 105 Å². The first-order valence-corrected chi connectivity index (χ1v) is 5.71. The lowest BCUT2D eigenvalue weighted by molar-refractivity contribution is 0.521. The average Bonchev–Trinajstić information content (AvgIpc) is 2.75. The van der Waals surface area contributed by atoms with E-state index in [2.05, 4.69) is 22.6 Å². The van der Waals surface area contributed by atoms with Crippen LogP contribution in [0.25, 0.3) is 0 Å². The number of hydrogen-bond donors (Lipinski definition) is 3. The molecule has 0 fully saturated rings. The Morgan fingerprint density at radius 3 is 2.47 bits per heavy atom. The van der Waals surface area contributed by atoms with Crippen LogP contribution in [-0.4, -0.2) is 9.97 Å². The third-order valence-corrected chi connectivity index (χ3v) is 2.62. The van der Waals surface area contributed by atoms with Crippen molar-refractivity contribution < 1.29 is 4.42 Å². The highest BCUT2D eigenvalue weighted by Gasteiger charge is 2.13. The van der Waals surface area contributed by atoms with Crippen molar-refractivity contribution in [3.05, 3.63) is 35.5 Å². The van der Waals surface area contributed by atoms with Gasteiger partial charge in [-0.1, -0.05) is 0 Å². The molecule has 6 heteroatoms. The Morgan fingerprint density at radius 1 is 1.35 bits per heavy atom. The molecule has 0 radical (unpaired) electrons. The van der Waals surface area contributed by atoms with Gasteiger partial charge in [0, 0.05) is 12.0 Å². The summed E-state index contributed by atoms with van der Waals surface area (Å²) in [4.78, 5) is 8.37.